The van der Waals surface area contributed by atoms with Crippen molar-refractivity contribution >= 4 is 17.5 Å². The van der Waals surface area contributed by atoms with Gasteiger partial charge in [0, 0.05) is 7.05 Å². The van der Waals surface area contributed by atoms with E-state index in [2.05, 4.69) is 10.4 Å². The summed E-state index contributed by atoms with van der Waals surface area (Å²) in [6.45, 7) is 3.53. The van der Waals surface area contributed by atoms with E-state index in [1.807, 2.05) is 0 Å². The van der Waals surface area contributed by atoms with E-state index >= 15 is 0 Å². The molecule has 2 amide bonds. The van der Waals surface area contributed by atoms with Gasteiger partial charge in [0.15, 0.2) is 0 Å². The molecular formula is C8H12N4O2. The Hall–Kier alpha value is -1.85. The predicted molar refractivity (Wildman–Crippen MR) is 50.5 cm³/mol. The average Bonchev–Trinajstić information content (AvgIpc) is 2.32. The topological polar surface area (TPSA) is 90.0 Å². The number of carbonyl (C=O) groups excluding carboxylic acids is 2. The van der Waals surface area contributed by atoms with Gasteiger partial charge in [-0.3, -0.25) is 14.3 Å². The van der Waals surface area contributed by atoms with Gasteiger partial charge in [0.25, 0.3) is 0 Å². The molecule has 0 unspecified atom stereocenters. The number of nitrogens with two attached hydrogens (primary N) is 1. The van der Waals surface area contributed by atoms with Gasteiger partial charge in [-0.2, -0.15) is 5.10 Å². The van der Waals surface area contributed by atoms with Crippen molar-refractivity contribution in [3.05, 3.63) is 11.4 Å². The minimum Gasteiger partial charge on any atom is -0.361 e. The summed E-state index contributed by atoms with van der Waals surface area (Å²) in [6, 6.07) is 0. The lowest BCUT2D eigenvalue weighted by Crippen LogP contribution is -2.29. The van der Waals surface area contributed by atoms with Crippen LogP contribution in [0.3, 0.4) is 0 Å². The highest BCUT2D eigenvalue weighted by molar-refractivity contribution is 6.39. The number of anilines is 1. The summed E-state index contributed by atoms with van der Waals surface area (Å²) in [7, 11) is 1.75. The second kappa shape index (κ2) is 3.49. The first-order valence-corrected chi connectivity index (χ1v) is 4.04. The molecule has 1 aromatic heterocycles. The molecule has 76 valence electrons. The zero-order chi connectivity index (χ0) is 10.9. The molecule has 0 aliphatic rings. The highest BCUT2D eigenvalue weighted by Gasteiger charge is 2.15. The standard InChI is InChI=1S/C8H12N4O2/c1-4-6(5(2)12(3)11-4)10-8(14)7(9)13/h1-3H3,(H2,9,13)(H,10,14). The van der Waals surface area contributed by atoms with Crippen LogP contribution < -0.4 is 11.1 Å². The van der Waals surface area contributed by atoms with Gasteiger partial charge in [0.05, 0.1) is 17.1 Å². The fourth-order valence-electron chi connectivity index (χ4n) is 1.13. The number of nitrogens with zero attached hydrogens (tertiary/aromatic N) is 2. The summed E-state index contributed by atoms with van der Waals surface area (Å²) in [4.78, 5) is 21.5. The Balaban J connectivity index is 2.97. The Morgan fingerprint density at radius 2 is 2.00 bits per heavy atom. The molecule has 6 nitrogen and oxygen atoms in total. The van der Waals surface area contributed by atoms with E-state index in [-0.39, 0.29) is 0 Å². The maximum absolute atomic E-state index is 11.0. The smallest absolute Gasteiger partial charge is 0.313 e. The Morgan fingerprint density at radius 1 is 1.43 bits per heavy atom. The summed E-state index contributed by atoms with van der Waals surface area (Å²) in [5, 5.41) is 6.47. The first kappa shape index (κ1) is 10.2. The van der Waals surface area contributed by atoms with Gasteiger partial charge in [-0.05, 0) is 13.8 Å². The van der Waals surface area contributed by atoms with Crippen LogP contribution in [0.2, 0.25) is 0 Å². The molecule has 0 saturated carbocycles. The third-order valence-corrected chi connectivity index (χ3v) is 1.97. The lowest BCUT2D eigenvalue weighted by molar-refractivity contribution is -0.134. The molecule has 1 aromatic rings. The number of amides is 2. The van der Waals surface area contributed by atoms with Gasteiger partial charge < -0.3 is 11.1 Å². The molecular weight excluding hydrogens is 184 g/mol. The van der Waals surface area contributed by atoms with Crippen molar-refractivity contribution in [1.29, 1.82) is 0 Å². The van der Waals surface area contributed by atoms with Crippen LogP contribution in [-0.4, -0.2) is 21.6 Å². The number of hydrogen-bond acceptors (Lipinski definition) is 3. The van der Waals surface area contributed by atoms with Crippen molar-refractivity contribution in [2.24, 2.45) is 12.8 Å². The van der Waals surface area contributed by atoms with Crippen molar-refractivity contribution in [1.82, 2.24) is 9.78 Å². The molecule has 0 spiro atoms. The molecule has 0 aliphatic carbocycles. The molecule has 0 atom stereocenters. The number of hydrogen-bond donors (Lipinski definition) is 2. The van der Waals surface area contributed by atoms with Crippen LogP contribution in [0.5, 0.6) is 0 Å². The number of aromatic nitrogens is 2. The van der Waals surface area contributed by atoms with Crippen molar-refractivity contribution in [2.45, 2.75) is 13.8 Å². The van der Waals surface area contributed by atoms with Crippen LogP contribution in [0.4, 0.5) is 5.69 Å². The van der Waals surface area contributed by atoms with E-state index in [9.17, 15) is 9.59 Å². The van der Waals surface area contributed by atoms with Crippen LogP contribution in [-0.2, 0) is 16.6 Å². The zero-order valence-corrected chi connectivity index (χ0v) is 8.29. The SMILES string of the molecule is Cc1nn(C)c(C)c1NC(=O)C(N)=O. The van der Waals surface area contributed by atoms with Crippen molar-refractivity contribution in [3.63, 3.8) is 0 Å². The molecule has 3 N–H and O–H groups in total. The Kier molecular flexibility index (Phi) is 2.55. The maximum Gasteiger partial charge on any atom is 0.313 e. The van der Waals surface area contributed by atoms with Crippen LogP contribution in [0.1, 0.15) is 11.4 Å². The highest BCUT2D eigenvalue weighted by atomic mass is 16.2. The zero-order valence-electron chi connectivity index (χ0n) is 8.29. The summed E-state index contributed by atoms with van der Waals surface area (Å²) in [5.41, 5.74) is 6.78. The van der Waals surface area contributed by atoms with Crippen LogP contribution in [0.15, 0.2) is 0 Å². The van der Waals surface area contributed by atoms with Gasteiger partial charge in [-0.25, -0.2) is 0 Å². The van der Waals surface area contributed by atoms with Gasteiger partial charge >= 0.3 is 11.8 Å². The molecule has 0 radical (unpaired) electrons. The van der Waals surface area contributed by atoms with E-state index in [1.54, 1.807) is 25.6 Å². The molecule has 0 bridgehead atoms. The Bertz CT molecular complexity index is 394. The van der Waals surface area contributed by atoms with Gasteiger partial charge in [0.2, 0.25) is 0 Å². The molecule has 0 aliphatic heterocycles. The normalized spacial score (nSPS) is 9.93. The first-order chi connectivity index (χ1) is 6.43. The summed E-state index contributed by atoms with van der Waals surface area (Å²) in [5.74, 6) is -1.84. The largest absolute Gasteiger partial charge is 0.361 e. The number of aryl methyl sites for hydroxylation is 2. The van der Waals surface area contributed by atoms with Crippen LogP contribution in [0, 0.1) is 13.8 Å². The first-order valence-electron chi connectivity index (χ1n) is 4.04. The van der Waals surface area contributed by atoms with Gasteiger partial charge in [0.1, 0.15) is 0 Å². The van der Waals surface area contributed by atoms with Crippen LogP contribution in [0.25, 0.3) is 0 Å². The minimum atomic E-state index is -1.01. The summed E-state index contributed by atoms with van der Waals surface area (Å²) < 4.78 is 1.62. The maximum atomic E-state index is 11.0. The van der Waals surface area contributed by atoms with Gasteiger partial charge in [-0.1, -0.05) is 0 Å². The lowest BCUT2D eigenvalue weighted by Gasteiger charge is -2.01. The van der Waals surface area contributed by atoms with Crippen LogP contribution >= 0.6 is 0 Å². The second-order valence-electron chi connectivity index (χ2n) is 2.99. The lowest BCUT2D eigenvalue weighted by atomic mass is 10.3. The summed E-state index contributed by atoms with van der Waals surface area (Å²) >= 11 is 0. The Morgan fingerprint density at radius 3 is 2.36 bits per heavy atom. The Labute approximate surface area is 81.1 Å². The highest BCUT2D eigenvalue weighted by Crippen LogP contribution is 2.17. The van der Waals surface area contributed by atoms with Gasteiger partial charge in [-0.15, -0.1) is 0 Å². The van der Waals surface area contributed by atoms with E-state index in [0.29, 0.717) is 11.4 Å². The molecule has 1 rings (SSSR count). The average molecular weight is 196 g/mol. The van der Waals surface area contributed by atoms with Crippen molar-refractivity contribution < 1.29 is 9.59 Å². The predicted octanol–water partition coefficient (Wildman–Crippen LogP) is -0.539. The fraction of sp³-hybridized carbons (Fsp3) is 0.375. The van der Waals surface area contributed by atoms with E-state index in [0.717, 1.165) is 5.69 Å². The molecule has 1 heterocycles. The fourth-order valence-corrected chi connectivity index (χ4v) is 1.13. The number of carbonyl (C=O) groups is 2. The third-order valence-electron chi connectivity index (χ3n) is 1.97. The summed E-state index contributed by atoms with van der Waals surface area (Å²) in [6.07, 6.45) is 0. The third kappa shape index (κ3) is 1.73. The van der Waals surface area contributed by atoms with E-state index < -0.39 is 11.8 Å². The molecule has 0 aromatic carbocycles. The minimum absolute atomic E-state index is 0.538. The van der Waals surface area contributed by atoms with Crippen molar-refractivity contribution in [3.8, 4) is 0 Å². The van der Waals surface area contributed by atoms with E-state index in [4.69, 9.17) is 5.73 Å². The number of rotatable bonds is 1. The quantitative estimate of drug-likeness (QED) is 0.591. The molecule has 14 heavy (non-hydrogen) atoms. The monoisotopic (exact) mass is 196 g/mol. The molecule has 0 saturated heterocycles. The number of nitrogens with one attached hydrogen (secondary N) is 1. The van der Waals surface area contributed by atoms with E-state index in [1.165, 1.54) is 0 Å². The second-order valence-corrected chi connectivity index (χ2v) is 2.99. The van der Waals surface area contributed by atoms with Crippen molar-refractivity contribution in [2.75, 3.05) is 5.32 Å². The number of primary amides is 1. The molecule has 6 heteroatoms. The molecule has 0 fully saturated rings.